The highest BCUT2D eigenvalue weighted by atomic mass is 35.5. The normalized spacial score (nSPS) is 11.3. The van der Waals surface area contributed by atoms with E-state index in [-0.39, 0.29) is 28.8 Å². The number of hydrogen-bond donors (Lipinski definition) is 1. The van der Waals surface area contributed by atoms with Crippen LogP contribution in [0.5, 0.6) is 11.5 Å². The first kappa shape index (κ1) is 17.5. The molecular weight excluding hydrogens is 345 g/mol. The lowest BCUT2D eigenvalue weighted by molar-refractivity contribution is 0.321. The van der Waals surface area contributed by atoms with Crippen LogP contribution < -0.4 is 14.2 Å². The van der Waals surface area contributed by atoms with E-state index in [1.807, 2.05) is 0 Å². The molecule has 0 aliphatic carbocycles. The number of nitrogens with one attached hydrogen (secondary N) is 1. The fourth-order valence-electron chi connectivity index (χ4n) is 1.84. The predicted molar refractivity (Wildman–Crippen MR) is 85.1 cm³/mol. The Labute approximate surface area is 139 Å². The number of ether oxygens (including phenoxy) is 2. The van der Waals surface area contributed by atoms with Gasteiger partial charge in [-0.1, -0.05) is 17.7 Å². The van der Waals surface area contributed by atoms with Gasteiger partial charge in [0.15, 0.2) is 0 Å². The molecule has 0 saturated heterocycles. The van der Waals surface area contributed by atoms with Gasteiger partial charge >= 0.3 is 0 Å². The second-order valence-electron chi connectivity index (χ2n) is 4.50. The molecule has 0 fully saturated rings. The van der Waals surface area contributed by atoms with Crippen LogP contribution in [0.2, 0.25) is 5.02 Å². The average molecular weight is 360 g/mol. The highest BCUT2D eigenvalue weighted by Gasteiger charge is 2.19. The van der Waals surface area contributed by atoms with Crippen LogP contribution in [-0.4, -0.2) is 28.7 Å². The largest absolute Gasteiger partial charge is 0.495 e. The summed E-state index contributed by atoms with van der Waals surface area (Å²) in [6.45, 7) is 0.0556. The molecule has 0 aliphatic rings. The molecule has 0 amide bonds. The molecule has 0 unspecified atom stereocenters. The second-order valence-corrected chi connectivity index (χ2v) is 6.67. The number of halogens is 2. The van der Waals surface area contributed by atoms with Crippen LogP contribution in [0.4, 0.5) is 4.39 Å². The Morgan fingerprint density at radius 2 is 2.00 bits per heavy atom. The minimum atomic E-state index is -3.80. The van der Waals surface area contributed by atoms with Crippen molar-refractivity contribution in [2.24, 2.45) is 0 Å². The lowest BCUT2D eigenvalue weighted by atomic mass is 10.3. The van der Waals surface area contributed by atoms with Gasteiger partial charge in [0.25, 0.3) is 0 Å². The molecule has 124 valence electrons. The van der Waals surface area contributed by atoms with Crippen LogP contribution in [0, 0.1) is 5.82 Å². The summed E-state index contributed by atoms with van der Waals surface area (Å²) in [6, 6.07) is 9.90. The number of rotatable bonds is 7. The summed E-state index contributed by atoms with van der Waals surface area (Å²) >= 11 is 5.83. The zero-order valence-electron chi connectivity index (χ0n) is 12.3. The van der Waals surface area contributed by atoms with E-state index in [1.165, 1.54) is 43.5 Å². The summed E-state index contributed by atoms with van der Waals surface area (Å²) in [5.74, 6) is 0.0872. The van der Waals surface area contributed by atoms with Gasteiger partial charge in [-0.3, -0.25) is 0 Å². The summed E-state index contributed by atoms with van der Waals surface area (Å²) in [4.78, 5) is -0.0572. The van der Waals surface area contributed by atoms with Gasteiger partial charge in [0.1, 0.15) is 28.8 Å². The third-order valence-corrected chi connectivity index (χ3v) is 4.59. The number of benzene rings is 2. The zero-order chi connectivity index (χ0) is 16.9. The first-order valence-corrected chi connectivity index (χ1v) is 8.50. The van der Waals surface area contributed by atoms with Crippen LogP contribution in [0.1, 0.15) is 0 Å². The van der Waals surface area contributed by atoms with E-state index in [0.29, 0.717) is 5.75 Å². The molecule has 0 heterocycles. The maximum Gasteiger partial charge on any atom is 0.244 e. The monoisotopic (exact) mass is 359 g/mol. The fraction of sp³-hybridized carbons (Fsp3) is 0.200. The van der Waals surface area contributed by atoms with Gasteiger partial charge in [-0.05, 0) is 30.3 Å². The molecule has 2 rings (SSSR count). The lowest BCUT2D eigenvalue weighted by Crippen LogP contribution is -2.28. The van der Waals surface area contributed by atoms with Crippen molar-refractivity contribution in [2.75, 3.05) is 20.3 Å². The molecule has 0 atom stereocenters. The zero-order valence-corrected chi connectivity index (χ0v) is 13.8. The first-order chi connectivity index (χ1) is 10.9. The SMILES string of the molecule is COc1ccc(Cl)cc1S(=O)(=O)NCCOc1cccc(F)c1. The van der Waals surface area contributed by atoms with Crippen molar-refractivity contribution in [3.8, 4) is 11.5 Å². The van der Waals surface area contributed by atoms with E-state index >= 15 is 0 Å². The van der Waals surface area contributed by atoms with E-state index in [1.54, 1.807) is 6.07 Å². The molecule has 2 aromatic rings. The maximum atomic E-state index is 13.0. The van der Waals surface area contributed by atoms with Gasteiger partial charge in [0, 0.05) is 17.6 Å². The van der Waals surface area contributed by atoms with Crippen molar-refractivity contribution in [3.63, 3.8) is 0 Å². The minimum Gasteiger partial charge on any atom is -0.495 e. The van der Waals surface area contributed by atoms with E-state index in [4.69, 9.17) is 21.1 Å². The van der Waals surface area contributed by atoms with Crippen LogP contribution >= 0.6 is 11.6 Å². The summed E-state index contributed by atoms with van der Waals surface area (Å²) in [6.07, 6.45) is 0. The number of hydrogen-bond acceptors (Lipinski definition) is 4. The topological polar surface area (TPSA) is 64.6 Å². The van der Waals surface area contributed by atoms with Crippen molar-refractivity contribution in [1.29, 1.82) is 0 Å². The minimum absolute atomic E-state index is 0.00845. The van der Waals surface area contributed by atoms with Crippen molar-refractivity contribution < 1.29 is 22.3 Å². The van der Waals surface area contributed by atoms with Gasteiger partial charge in [0.05, 0.1) is 7.11 Å². The molecule has 2 aromatic carbocycles. The number of methoxy groups -OCH3 is 1. The smallest absolute Gasteiger partial charge is 0.244 e. The van der Waals surface area contributed by atoms with Crippen LogP contribution in [0.15, 0.2) is 47.4 Å². The van der Waals surface area contributed by atoms with Crippen LogP contribution in [0.25, 0.3) is 0 Å². The molecule has 0 radical (unpaired) electrons. The Hall–Kier alpha value is -1.83. The molecule has 0 bridgehead atoms. The molecule has 5 nitrogen and oxygen atoms in total. The Morgan fingerprint density at radius 3 is 2.70 bits per heavy atom. The van der Waals surface area contributed by atoms with Crippen molar-refractivity contribution in [1.82, 2.24) is 4.72 Å². The van der Waals surface area contributed by atoms with Gasteiger partial charge in [-0.25, -0.2) is 17.5 Å². The summed E-state index contributed by atoms with van der Waals surface area (Å²) in [7, 11) is -2.43. The first-order valence-electron chi connectivity index (χ1n) is 6.64. The van der Waals surface area contributed by atoms with Gasteiger partial charge in [-0.2, -0.15) is 0 Å². The molecule has 0 aliphatic heterocycles. The summed E-state index contributed by atoms with van der Waals surface area (Å²) in [5.41, 5.74) is 0. The third-order valence-electron chi connectivity index (χ3n) is 2.87. The molecule has 0 spiro atoms. The van der Waals surface area contributed by atoms with E-state index in [0.717, 1.165) is 0 Å². The average Bonchev–Trinajstić information content (AvgIpc) is 2.52. The molecule has 1 N–H and O–H groups in total. The quantitative estimate of drug-likeness (QED) is 0.772. The van der Waals surface area contributed by atoms with E-state index in [9.17, 15) is 12.8 Å². The van der Waals surface area contributed by atoms with Crippen LogP contribution in [-0.2, 0) is 10.0 Å². The van der Waals surface area contributed by atoms with Crippen molar-refractivity contribution in [3.05, 3.63) is 53.3 Å². The highest BCUT2D eigenvalue weighted by molar-refractivity contribution is 7.89. The predicted octanol–water partition coefficient (Wildman–Crippen LogP) is 2.85. The Bertz CT molecular complexity index is 783. The number of sulfonamides is 1. The van der Waals surface area contributed by atoms with Gasteiger partial charge in [0.2, 0.25) is 10.0 Å². The Morgan fingerprint density at radius 1 is 1.22 bits per heavy atom. The van der Waals surface area contributed by atoms with Gasteiger partial charge < -0.3 is 9.47 Å². The molecular formula is C15H15ClFNO4S. The molecule has 0 saturated carbocycles. The maximum absolute atomic E-state index is 13.0. The molecule has 0 aromatic heterocycles. The second kappa shape index (κ2) is 7.63. The Kier molecular flexibility index (Phi) is 5.81. The summed E-state index contributed by atoms with van der Waals surface area (Å²) in [5, 5.41) is 0.280. The Balaban J connectivity index is 1.98. The van der Waals surface area contributed by atoms with Crippen LogP contribution in [0.3, 0.4) is 0 Å². The fourth-order valence-corrected chi connectivity index (χ4v) is 3.28. The molecule has 23 heavy (non-hydrogen) atoms. The van der Waals surface area contributed by atoms with E-state index < -0.39 is 15.8 Å². The van der Waals surface area contributed by atoms with E-state index in [2.05, 4.69) is 4.72 Å². The lowest BCUT2D eigenvalue weighted by Gasteiger charge is -2.11. The molecule has 8 heteroatoms. The standard InChI is InChI=1S/C15H15ClFNO4S/c1-21-14-6-5-11(16)9-15(14)23(19,20)18-7-8-22-13-4-2-3-12(17)10-13/h2-6,9-10,18H,7-8H2,1H3. The summed E-state index contributed by atoms with van der Waals surface area (Å²) < 4.78 is 50.2. The van der Waals surface area contributed by atoms with Crippen molar-refractivity contribution >= 4 is 21.6 Å². The third kappa shape index (κ3) is 4.82. The highest BCUT2D eigenvalue weighted by Crippen LogP contribution is 2.26. The van der Waals surface area contributed by atoms with Crippen molar-refractivity contribution in [2.45, 2.75) is 4.90 Å². The van der Waals surface area contributed by atoms with Gasteiger partial charge in [-0.15, -0.1) is 0 Å².